The summed E-state index contributed by atoms with van der Waals surface area (Å²) in [6.07, 6.45) is 2.38. The van der Waals surface area contributed by atoms with Gasteiger partial charge < -0.3 is 5.32 Å². The molecule has 0 fully saturated rings. The van der Waals surface area contributed by atoms with Gasteiger partial charge in [-0.2, -0.15) is 0 Å². The van der Waals surface area contributed by atoms with E-state index in [9.17, 15) is 22.0 Å². The molecule has 1 unspecified atom stereocenters. The molecule has 1 aromatic heterocycles. The molecule has 1 aromatic carbocycles. The summed E-state index contributed by atoms with van der Waals surface area (Å²) in [7, 11) is -3.77. The normalized spacial score (nSPS) is 15.8. The third-order valence-corrected chi connectivity index (χ3v) is 7.07. The molecule has 7 nitrogen and oxygen atoms in total. The van der Waals surface area contributed by atoms with E-state index in [0.717, 1.165) is 22.7 Å². The van der Waals surface area contributed by atoms with E-state index in [1.54, 1.807) is 6.92 Å². The number of thioether (sulfide) groups is 1. The minimum atomic E-state index is -3.77. The number of fused-ring (bicyclic) bond motifs is 1. The van der Waals surface area contributed by atoms with E-state index in [2.05, 4.69) is 20.0 Å². The van der Waals surface area contributed by atoms with Crippen LogP contribution in [0, 0.1) is 11.6 Å². The van der Waals surface area contributed by atoms with Crippen LogP contribution in [-0.2, 0) is 21.2 Å². The fourth-order valence-electron chi connectivity index (χ4n) is 2.97. The summed E-state index contributed by atoms with van der Waals surface area (Å²) in [5, 5.41) is 2.26. The van der Waals surface area contributed by atoms with Gasteiger partial charge in [0, 0.05) is 5.75 Å². The molecular weight excluding hydrogens is 422 g/mol. The average molecular weight is 443 g/mol. The second-order valence-corrected chi connectivity index (χ2v) is 9.32. The lowest BCUT2D eigenvalue weighted by Crippen LogP contribution is -2.24. The fraction of sp³-hybridized carbons (Fsp3) is 0.389. The van der Waals surface area contributed by atoms with Crippen molar-refractivity contribution >= 4 is 39.1 Å². The van der Waals surface area contributed by atoms with Crippen molar-refractivity contribution < 1.29 is 22.0 Å². The van der Waals surface area contributed by atoms with Crippen LogP contribution >= 0.6 is 11.8 Å². The van der Waals surface area contributed by atoms with Gasteiger partial charge >= 0.3 is 0 Å². The van der Waals surface area contributed by atoms with Crippen LogP contribution in [0.15, 0.2) is 23.4 Å². The molecule has 0 radical (unpaired) electrons. The minimum absolute atomic E-state index is 0.207. The highest BCUT2D eigenvalue weighted by molar-refractivity contribution is 7.99. The Morgan fingerprint density at radius 3 is 2.72 bits per heavy atom. The van der Waals surface area contributed by atoms with Crippen molar-refractivity contribution in [3.05, 3.63) is 41.5 Å². The Hall–Kier alpha value is -2.27. The second-order valence-electron chi connectivity index (χ2n) is 6.45. The molecule has 29 heavy (non-hydrogen) atoms. The third kappa shape index (κ3) is 4.50. The number of rotatable bonds is 7. The van der Waals surface area contributed by atoms with Gasteiger partial charge in [-0.3, -0.25) is 9.52 Å². The maximum Gasteiger partial charge on any atom is 0.234 e. The summed E-state index contributed by atoms with van der Waals surface area (Å²) in [6, 6.07) is 1.88. The van der Waals surface area contributed by atoms with Crippen LogP contribution in [0.3, 0.4) is 0 Å². The van der Waals surface area contributed by atoms with Crippen molar-refractivity contribution in [3.8, 4) is 0 Å². The van der Waals surface area contributed by atoms with Crippen LogP contribution in [0.25, 0.3) is 0 Å². The lowest BCUT2D eigenvalue weighted by Gasteiger charge is -2.15. The summed E-state index contributed by atoms with van der Waals surface area (Å²) in [4.78, 5) is 21.9. The van der Waals surface area contributed by atoms with Gasteiger partial charge in [0.25, 0.3) is 0 Å². The van der Waals surface area contributed by atoms with Crippen molar-refractivity contribution in [1.82, 2.24) is 9.97 Å². The summed E-state index contributed by atoms with van der Waals surface area (Å²) in [5.74, 6) is -3.33. The number of carbonyl (C=O) groups excluding carboxylic acids is 1. The highest BCUT2D eigenvalue weighted by atomic mass is 32.2. The molecule has 11 heteroatoms. The van der Waals surface area contributed by atoms with Crippen molar-refractivity contribution in [2.24, 2.45) is 0 Å². The molecule has 0 saturated heterocycles. The Morgan fingerprint density at radius 1 is 1.28 bits per heavy atom. The molecule has 3 rings (SSSR count). The number of aromatic nitrogens is 2. The number of benzene rings is 1. The van der Waals surface area contributed by atoms with Gasteiger partial charge in [0.05, 0.1) is 33.6 Å². The zero-order chi connectivity index (χ0) is 21.2. The molecule has 1 aliphatic rings. The molecule has 0 spiro atoms. The number of nitrogens with zero attached hydrogens (tertiary/aromatic N) is 2. The van der Waals surface area contributed by atoms with Crippen LogP contribution in [0.1, 0.15) is 37.6 Å². The first kappa shape index (κ1) is 21.4. The molecule has 0 saturated carbocycles. The Balaban J connectivity index is 1.86. The number of hydrogen-bond donors (Lipinski definition) is 2. The van der Waals surface area contributed by atoms with Crippen molar-refractivity contribution in [1.29, 1.82) is 0 Å². The molecule has 0 aliphatic carbocycles. The van der Waals surface area contributed by atoms with Gasteiger partial charge in [0.15, 0.2) is 5.82 Å². The van der Waals surface area contributed by atoms with E-state index in [0.29, 0.717) is 24.3 Å². The van der Waals surface area contributed by atoms with Crippen molar-refractivity contribution in [2.45, 2.75) is 37.5 Å². The number of aryl methyl sites for hydroxylation is 1. The topological polar surface area (TPSA) is 101 Å². The Labute approximate surface area is 171 Å². The van der Waals surface area contributed by atoms with Crippen LogP contribution in [0.2, 0.25) is 0 Å². The number of sulfonamides is 1. The first-order valence-corrected chi connectivity index (χ1v) is 11.7. The summed E-state index contributed by atoms with van der Waals surface area (Å²) < 4.78 is 54.9. The van der Waals surface area contributed by atoms with Crippen molar-refractivity contribution in [2.75, 3.05) is 21.5 Å². The summed E-state index contributed by atoms with van der Waals surface area (Å²) in [5.41, 5.74) is 0.224. The van der Waals surface area contributed by atoms with E-state index in [1.807, 2.05) is 6.92 Å². The largest absolute Gasteiger partial charge is 0.321 e. The van der Waals surface area contributed by atoms with Gasteiger partial charge in [-0.1, -0.05) is 13.8 Å². The number of anilines is 2. The van der Waals surface area contributed by atoms with Crippen LogP contribution < -0.4 is 10.0 Å². The first-order chi connectivity index (χ1) is 13.8. The van der Waals surface area contributed by atoms with E-state index in [-0.39, 0.29) is 5.75 Å². The number of carbonyl (C=O) groups is 1. The molecule has 156 valence electrons. The second kappa shape index (κ2) is 8.62. The highest BCUT2D eigenvalue weighted by Gasteiger charge is 2.33. The van der Waals surface area contributed by atoms with Gasteiger partial charge in [-0.15, -0.1) is 11.8 Å². The monoisotopic (exact) mass is 442 g/mol. The quantitative estimate of drug-likeness (QED) is 0.682. The molecule has 0 bridgehead atoms. The molecule has 1 amide bonds. The Bertz CT molecular complexity index is 1050. The lowest BCUT2D eigenvalue weighted by atomic mass is 10.1. The van der Waals surface area contributed by atoms with E-state index in [4.69, 9.17) is 0 Å². The fourth-order valence-corrected chi connectivity index (χ4v) is 5.45. The molecule has 2 N–H and O–H groups in total. The zero-order valence-electron chi connectivity index (χ0n) is 15.8. The molecule has 2 aromatic rings. The highest BCUT2D eigenvalue weighted by Crippen LogP contribution is 2.40. The first-order valence-electron chi connectivity index (χ1n) is 9.03. The smallest absolute Gasteiger partial charge is 0.234 e. The number of nitrogens with one attached hydrogen (secondary N) is 2. The maximum absolute atomic E-state index is 14.8. The summed E-state index contributed by atoms with van der Waals surface area (Å²) in [6.45, 7) is 3.60. The Kier molecular flexibility index (Phi) is 6.37. The van der Waals surface area contributed by atoms with E-state index < -0.39 is 44.9 Å². The van der Waals surface area contributed by atoms with E-state index >= 15 is 0 Å². The van der Waals surface area contributed by atoms with Gasteiger partial charge in [-0.25, -0.2) is 27.2 Å². The van der Waals surface area contributed by atoms with Crippen LogP contribution in [0.5, 0.6) is 0 Å². The Morgan fingerprint density at radius 2 is 2.03 bits per heavy atom. The predicted molar refractivity (Wildman–Crippen MR) is 108 cm³/mol. The third-order valence-electron chi connectivity index (χ3n) is 4.36. The summed E-state index contributed by atoms with van der Waals surface area (Å²) >= 11 is 1.43. The minimum Gasteiger partial charge on any atom is -0.321 e. The predicted octanol–water partition coefficient (Wildman–Crippen LogP) is 3.30. The number of halogens is 2. The van der Waals surface area contributed by atoms with Gasteiger partial charge in [-0.05, 0) is 25.0 Å². The standard InChI is InChI=1S/C18H20F2N4O3S2/c1-3-7-29(26,27)24-13-6-5-11(19)16(14(13)20)23-18(25)10-8-28-17-12(4-2)21-9-22-15(10)17/h5-6,9-10,24H,3-4,7-8H2,1-2H3,(H,23,25). The van der Waals surface area contributed by atoms with E-state index in [1.165, 1.54) is 18.1 Å². The van der Waals surface area contributed by atoms with Gasteiger partial charge in [0.2, 0.25) is 15.9 Å². The zero-order valence-corrected chi connectivity index (χ0v) is 17.5. The number of hydrogen-bond acceptors (Lipinski definition) is 6. The number of amides is 1. The van der Waals surface area contributed by atoms with Crippen molar-refractivity contribution in [3.63, 3.8) is 0 Å². The van der Waals surface area contributed by atoms with Crippen LogP contribution in [-0.4, -0.2) is 35.8 Å². The molecule has 1 atom stereocenters. The molecule has 2 heterocycles. The average Bonchev–Trinajstić information content (AvgIpc) is 3.11. The molecule has 1 aliphatic heterocycles. The maximum atomic E-state index is 14.8. The van der Waals surface area contributed by atoms with Gasteiger partial charge in [0.1, 0.15) is 17.8 Å². The lowest BCUT2D eigenvalue weighted by molar-refractivity contribution is -0.117. The SMILES string of the molecule is CCCS(=O)(=O)Nc1ccc(F)c(NC(=O)C2CSc3c(CC)ncnc32)c1F. The van der Waals surface area contributed by atoms with Crippen LogP contribution in [0.4, 0.5) is 20.2 Å². The molecular formula is C18H20F2N4O3S2.